The molecule has 2 aromatic rings. The summed E-state index contributed by atoms with van der Waals surface area (Å²) in [6.45, 7) is 1.84. The lowest BCUT2D eigenvalue weighted by Crippen LogP contribution is -2.20. The fourth-order valence-electron chi connectivity index (χ4n) is 1.64. The highest BCUT2D eigenvalue weighted by Crippen LogP contribution is 2.39. The van der Waals surface area contributed by atoms with E-state index in [2.05, 4.69) is 95.6 Å². The molecule has 0 radical (unpaired) electrons. The molecule has 0 spiro atoms. The van der Waals surface area contributed by atoms with Crippen molar-refractivity contribution in [3.05, 3.63) is 51.1 Å². The molecule has 0 bridgehead atoms. The molecule has 0 atom stereocenters. The topological polar surface area (TPSA) is 18.5 Å². The molecule has 0 aliphatic heterocycles. The Hall–Kier alpha value is 0.920. The quantitative estimate of drug-likeness (QED) is 0.303. The summed E-state index contributed by atoms with van der Waals surface area (Å²) in [6, 6.07) is 7.66. The normalized spacial score (nSPS) is 10.9. The monoisotopic (exact) mass is 682 g/mol. The van der Waals surface area contributed by atoms with Gasteiger partial charge in [0.2, 0.25) is 6.29 Å². The summed E-state index contributed by atoms with van der Waals surface area (Å²) >= 11 is 20.8. The van der Waals surface area contributed by atoms with Crippen LogP contribution in [0.3, 0.4) is 0 Å². The minimum absolute atomic E-state index is 0.484. The van der Waals surface area contributed by atoms with Crippen LogP contribution in [0.5, 0.6) is 11.5 Å². The first-order valence-corrected chi connectivity index (χ1v) is 10.7. The first-order chi connectivity index (χ1) is 10.3. The molecule has 0 heterocycles. The Balaban J connectivity index is 2.19. The Morgan fingerprint density at radius 3 is 1.18 bits per heavy atom. The van der Waals surface area contributed by atoms with Crippen LogP contribution in [0.25, 0.3) is 0 Å². The lowest BCUT2D eigenvalue weighted by Gasteiger charge is -2.20. The average Bonchev–Trinajstić information content (AvgIpc) is 2.38. The van der Waals surface area contributed by atoms with Crippen LogP contribution in [0.1, 0.15) is 6.92 Å². The Bertz CT molecular complexity index is 598. The van der Waals surface area contributed by atoms with Crippen molar-refractivity contribution in [2.75, 3.05) is 0 Å². The first-order valence-electron chi connectivity index (χ1n) is 5.90. The third kappa shape index (κ3) is 4.96. The number of hydrogen-bond donors (Lipinski definition) is 0. The van der Waals surface area contributed by atoms with Gasteiger partial charge >= 0.3 is 0 Å². The lowest BCUT2D eigenvalue weighted by molar-refractivity contribution is 0.0198. The van der Waals surface area contributed by atoms with Crippen molar-refractivity contribution in [3.63, 3.8) is 0 Å². The SMILES string of the molecule is CC(Oc1c(Br)cc(Br)cc1Br)Oc1c(Br)cc(Br)cc1Br. The molecule has 2 aromatic carbocycles. The molecule has 0 aliphatic rings. The van der Waals surface area contributed by atoms with Gasteiger partial charge in [0.15, 0.2) is 11.5 Å². The van der Waals surface area contributed by atoms with E-state index in [-0.39, 0.29) is 0 Å². The van der Waals surface area contributed by atoms with E-state index in [1.807, 2.05) is 31.2 Å². The summed E-state index contributed by atoms with van der Waals surface area (Å²) in [7, 11) is 0. The van der Waals surface area contributed by atoms with Gasteiger partial charge in [0.05, 0.1) is 17.9 Å². The van der Waals surface area contributed by atoms with Crippen LogP contribution in [0.2, 0.25) is 0 Å². The van der Waals surface area contributed by atoms with Crippen molar-refractivity contribution < 1.29 is 9.47 Å². The lowest BCUT2D eigenvalue weighted by atomic mass is 10.3. The van der Waals surface area contributed by atoms with Crippen LogP contribution in [-0.4, -0.2) is 6.29 Å². The smallest absolute Gasteiger partial charge is 0.238 e. The van der Waals surface area contributed by atoms with E-state index < -0.39 is 6.29 Å². The van der Waals surface area contributed by atoms with Gasteiger partial charge in [0.25, 0.3) is 0 Å². The number of benzene rings is 2. The second-order valence-electron chi connectivity index (χ2n) is 4.20. The van der Waals surface area contributed by atoms with Crippen LogP contribution < -0.4 is 9.47 Å². The molecule has 22 heavy (non-hydrogen) atoms. The zero-order valence-electron chi connectivity index (χ0n) is 11.0. The zero-order valence-corrected chi connectivity index (χ0v) is 20.5. The summed E-state index contributed by atoms with van der Waals surface area (Å²) in [4.78, 5) is 0. The van der Waals surface area contributed by atoms with Crippen molar-refractivity contribution in [1.82, 2.24) is 0 Å². The predicted octanol–water partition coefficient (Wildman–Crippen LogP) is 8.07. The van der Waals surface area contributed by atoms with Gasteiger partial charge < -0.3 is 9.47 Å². The van der Waals surface area contributed by atoms with E-state index in [1.54, 1.807) is 0 Å². The largest absolute Gasteiger partial charge is 0.453 e. The standard InChI is InChI=1S/C14H8Br6O2/c1-6(21-13-9(17)2-7(15)3-10(13)18)22-14-11(19)4-8(16)5-12(14)20/h2-6H,1H3. The second-order valence-corrected chi connectivity index (χ2v) is 9.45. The molecule has 0 aromatic heterocycles. The minimum Gasteiger partial charge on any atom is -0.453 e. The van der Waals surface area contributed by atoms with Crippen molar-refractivity contribution in [3.8, 4) is 11.5 Å². The molecular formula is C14H8Br6O2. The molecule has 0 amide bonds. The summed E-state index contributed by atoms with van der Waals surface area (Å²) in [5, 5.41) is 0. The Morgan fingerprint density at radius 2 is 0.909 bits per heavy atom. The molecule has 2 rings (SSSR count). The number of hydrogen-bond acceptors (Lipinski definition) is 2. The fourth-order valence-corrected chi connectivity index (χ4v) is 6.53. The van der Waals surface area contributed by atoms with Gasteiger partial charge in [-0.3, -0.25) is 0 Å². The molecule has 0 fully saturated rings. The second kappa shape index (κ2) is 8.34. The van der Waals surface area contributed by atoms with Gasteiger partial charge in [-0.2, -0.15) is 0 Å². The molecule has 2 nitrogen and oxygen atoms in total. The fraction of sp³-hybridized carbons (Fsp3) is 0.143. The van der Waals surface area contributed by atoms with Crippen LogP contribution in [0, 0.1) is 0 Å². The van der Waals surface area contributed by atoms with E-state index in [4.69, 9.17) is 9.47 Å². The highest BCUT2D eigenvalue weighted by Gasteiger charge is 2.16. The van der Waals surface area contributed by atoms with E-state index in [1.165, 1.54) is 0 Å². The van der Waals surface area contributed by atoms with E-state index in [9.17, 15) is 0 Å². The van der Waals surface area contributed by atoms with Crippen LogP contribution in [-0.2, 0) is 0 Å². The van der Waals surface area contributed by atoms with E-state index in [0.717, 1.165) is 26.8 Å². The van der Waals surface area contributed by atoms with Crippen LogP contribution in [0.15, 0.2) is 51.1 Å². The third-order valence-corrected chi connectivity index (χ3v) is 5.77. The van der Waals surface area contributed by atoms with Crippen molar-refractivity contribution in [2.24, 2.45) is 0 Å². The number of ether oxygens (including phenoxy) is 2. The number of halogens is 6. The molecule has 0 aliphatic carbocycles. The molecule has 8 heteroatoms. The molecular weight excluding hydrogens is 680 g/mol. The van der Waals surface area contributed by atoms with Gasteiger partial charge in [0.1, 0.15) is 0 Å². The van der Waals surface area contributed by atoms with Gasteiger partial charge in [-0.05, 0) is 88.0 Å². The van der Waals surface area contributed by atoms with E-state index in [0.29, 0.717) is 11.5 Å². The summed E-state index contributed by atoms with van der Waals surface area (Å²) in [5.74, 6) is 1.36. The molecule has 0 saturated carbocycles. The minimum atomic E-state index is -0.484. The highest BCUT2D eigenvalue weighted by molar-refractivity contribution is 9.12. The van der Waals surface area contributed by atoms with Crippen molar-refractivity contribution >= 4 is 95.6 Å². The summed E-state index contributed by atoms with van der Waals surface area (Å²) in [6.07, 6.45) is -0.484. The molecule has 0 saturated heterocycles. The Morgan fingerprint density at radius 1 is 0.636 bits per heavy atom. The zero-order chi connectivity index (χ0) is 16.4. The van der Waals surface area contributed by atoms with Gasteiger partial charge in [-0.1, -0.05) is 31.9 Å². The summed E-state index contributed by atoms with van der Waals surface area (Å²) < 4.78 is 17.0. The maximum Gasteiger partial charge on any atom is 0.238 e. The average molecular weight is 688 g/mol. The van der Waals surface area contributed by atoms with Gasteiger partial charge in [0, 0.05) is 15.9 Å². The highest BCUT2D eigenvalue weighted by atomic mass is 79.9. The predicted molar refractivity (Wildman–Crippen MR) is 110 cm³/mol. The Labute approximate surface area is 179 Å². The Kier molecular flexibility index (Phi) is 7.29. The van der Waals surface area contributed by atoms with Crippen molar-refractivity contribution in [2.45, 2.75) is 13.2 Å². The number of rotatable bonds is 4. The van der Waals surface area contributed by atoms with Crippen LogP contribution in [0.4, 0.5) is 0 Å². The van der Waals surface area contributed by atoms with Gasteiger partial charge in [-0.15, -0.1) is 0 Å². The maximum absolute atomic E-state index is 5.88. The first kappa shape index (κ1) is 19.2. The van der Waals surface area contributed by atoms with Crippen LogP contribution >= 0.6 is 95.6 Å². The van der Waals surface area contributed by atoms with Gasteiger partial charge in [-0.25, -0.2) is 0 Å². The third-order valence-electron chi connectivity index (χ3n) is 2.49. The van der Waals surface area contributed by atoms with Crippen molar-refractivity contribution in [1.29, 1.82) is 0 Å². The molecule has 118 valence electrons. The molecule has 0 unspecified atom stereocenters. The molecule has 0 N–H and O–H groups in total. The van der Waals surface area contributed by atoms with E-state index >= 15 is 0 Å². The maximum atomic E-state index is 5.88. The summed E-state index contributed by atoms with van der Waals surface area (Å²) in [5.41, 5.74) is 0.